The number of ether oxygens (including phenoxy) is 2. The highest BCUT2D eigenvalue weighted by Crippen LogP contribution is 2.35. The molecule has 4 heterocycles. The highest BCUT2D eigenvalue weighted by molar-refractivity contribution is 5.57. The Kier molecular flexibility index (Phi) is 4.66. The van der Waals surface area contributed by atoms with E-state index in [1.807, 2.05) is 6.07 Å². The van der Waals surface area contributed by atoms with E-state index >= 15 is 0 Å². The molecule has 6 heteroatoms. The second-order valence-electron chi connectivity index (χ2n) is 7.73. The highest BCUT2D eigenvalue weighted by atomic mass is 16.6. The normalized spacial score (nSPS) is 19.9. The molecule has 0 unspecified atom stereocenters. The molecule has 1 fully saturated rings. The third kappa shape index (κ3) is 3.38. The monoisotopic (exact) mass is 368 g/mol. The van der Waals surface area contributed by atoms with Gasteiger partial charge in [-0.15, -0.1) is 0 Å². The molecule has 0 amide bonds. The second kappa shape index (κ2) is 7.43. The summed E-state index contributed by atoms with van der Waals surface area (Å²) >= 11 is 0. The van der Waals surface area contributed by atoms with Crippen molar-refractivity contribution < 1.29 is 9.47 Å². The van der Waals surface area contributed by atoms with Crippen LogP contribution in [0.4, 0.5) is 5.82 Å². The number of likely N-dealkylation sites (tertiary alicyclic amines) is 1. The van der Waals surface area contributed by atoms with Gasteiger partial charge in [0.2, 0.25) is 0 Å². The zero-order valence-electron chi connectivity index (χ0n) is 15.9. The topological polar surface area (TPSA) is 51.6 Å². The number of anilines is 1. The van der Waals surface area contributed by atoms with Crippen molar-refractivity contribution in [2.75, 3.05) is 38.2 Å². The molecule has 0 saturated carbocycles. The van der Waals surface area contributed by atoms with Crippen molar-refractivity contribution in [2.24, 2.45) is 0 Å². The van der Waals surface area contributed by atoms with Crippen LogP contribution in [0.2, 0.25) is 0 Å². The van der Waals surface area contributed by atoms with E-state index in [1.165, 1.54) is 56.5 Å². The summed E-state index contributed by atoms with van der Waals surface area (Å²) in [6.07, 6.45) is 7.52. The summed E-state index contributed by atoms with van der Waals surface area (Å²) in [6.45, 7) is 5.57. The molecule has 1 saturated heterocycles. The van der Waals surface area contributed by atoms with E-state index in [-0.39, 0.29) is 0 Å². The molecule has 27 heavy (non-hydrogen) atoms. The first-order valence-electron chi connectivity index (χ1n) is 10.4. The lowest BCUT2D eigenvalue weighted by Crippen LogP contribution is -2.29. The highest BCUT2D eigenvalue weighted by Gasteiger charge is 2.23. The molecule has 3 aliphatic rings. The Morgan fingerprint density at radius 3 is 2.70 bits per heavy atom. The van der Waals surface area contributed by atoms with Gasteiger partial charge in [0, 0.05) is 24.7 Å². The maximum atomic E-state index is 5.79. The summed E-state index contributed by atoms with van der Waals surface area (Å²) in [6, 6.07) is 6.13. The molecule has 0 spiro atoms. The molecule has 1 aromatic carbocycles. The average Bonchev–Trinajstić information content (AvgIpc) is 2.89. The Hall–Kier alpha value is -2.21. The molecule has 0 radical (unpaired) electrons. The number of hydrogen-bond acceptors (Lipinski definition) is 5. The van der Waals surface area contributed by atoms with Crippen LogP contribution >= 0.6 is 0 Å². The van der Waals surface area contributed by atoms with Gasteiger partial charge in [-0.1, -0.05) is 6.42 Å². The van der Waals surface area contributed by atoms with E-state index in [2.05, 4.69) is 27.0 Å². The van der Waals surface area contributed by atoms with Gasteiger partial charge in [0.25, 0.3) is 0 Å². The van der Waals surface area contributed by atoms with E-state index in [0.29, 0.717) is 13.2 Å². The van der Waals surface area contributed by atoms with Gasteiger partial charge < -0.3 is 14.8 Å². The maximum Gasteiger partial charge on any atom is 0.163 e. The minimum absolute atomic E-state index is 0.603. The number of nitrogens with one attached hydrogen (secondary N) is 1. The quantitative estimate of drug-likeness (QED) is 0.900. The third-order valence-electron chi connectivity index (χ3n) is 5.81. The lowest BCUT2D eigenvalue weighted by Gasteiger charge is -2.25. The van der Waals surface area contributed by atoms with E-state index < -0.39 is 0 Å². The Bertz CT molecular complexity index is 811. The maximum absolute atomic E-state index is 5.79. The number of benzene rings is 1. The first kappa shape index (κ1) is 16.9. The van der Waals surface area contributed by atoms with Crippen LogP contribution in [0, 0.1) is 0 Å². The Morgan fingerprint density at radius 2 is 1.81 bits per heavy atom. The molecule has 6 nitrogen and oxygen atoms in total. The minimum atomic E-state index is 0.603. The number of nitrogens with zero attached hydrogens (tertiary/aromatic N) is 3. The fourth-order valence-electron chi connectivity index (χ4n) is 4.38. The van der Waals surface area contributed by atoms with Crippen LogP contribution < -0.4 is 14.8 Å². The average molecular weight is 368 g/mol. The largest absolute Gasteiger partial charge is 0.486 e. The molecule has 1 N–H and O–H groups in total. The lowest BCUT2D eigenvalue weighted by molar-refractivity contribution is 0.171. The molecule has 0 atom stereocenters. The van der Waals surface area contributed by atoms with Gasteiger partial charge in [0.15, 0.2) is 11.5 Å². The minimum Gasteiger partial charge on any atom is -0.486 e. The molecule has 144 valence electrons. The first-order chi connectivity index (χ1) is 13.4. The molecule has 0 bridgehead atoms. The van der Waals surface area contributed by atoms with Crippen LogP contribution in [0.25, 0.3) is 5.69 Å². The number of hydrogen-bond donors (Lipinski definition) is 1. The number of piperidine rings is 1. The summed E-state index contributed by atoms with van der Waals surface area (Å²) < 4.78 is 13.5. The van der Waals surface area contributed by atoms with Crippen molar-refractivity contribution in [3.8, 4) is 17.2 Å². The molecule has 3 aliphatic heterocycles. The molecular weight excluding hydrogens is 340 g/mol. The van der Waals surface area contributed by atoms with Crippen molar-refractivity contribution in [2.45, 2.75) is 45.1 Å². The first-order valence-corrected chi connectivity index (χ1v) is 10.4. The van der Waals surface area contributed by atoms with Crippen molar-refractivity contribution in [3.05, 3.63) is 29.5 Å². The van der Waals surface area contributed by atoms with Gasteiger partial charge in [-0.05, 0) is 57.3 Å². The van der Waals surface area contributed by atoms with Gasteiger partial charge in [0.05, 0.1) is 11.4 Å². The summed E-state index contributed by atoms with van der Waals surface area (Å²) in [4.78, 5) is 2.56. The molecule has 1 aromatic heterocycles. The Labute approximate surface area is 160 Å². The Balaban J connectivity index is 1.51. The number of fused-ring (bicyclic) bond motifs is 2. The predicted octanol–water partition coefficient (Wildman–Crippen LogP) is 3.38. The zero-order valence-corrected chi connectivity index (χ0v) is 15.9. The standard InChI is InChI=1S/C21H28N4O2/c1-4-10-24(11-5-1)15-18-17-6-2-3-9-22-21(17)25(23-18)16-7-8-19-20(14-16)27-13-12-26-19/h7-8,14,22H,1-6,9-13,15H2. The zero-order chi connectivity index (χ0) is 18.1. The van der Waals surface area contributed by atoms with Crippen LogP contribution in [-0.4, -0.2) is 47.5 Å². The second-order valence-corrected chi connectivity index (χ2v) is 7.73. The Morgan fingerprint density at radius 1 is 0.963 bits per heavy atom. The van der Waals surface area contributed by atoms with Gasteiger partial charge in [-0.3, -0.25) is 4.90 Å². The van der Waals surface area contributed by atoms with E-state index in [1.54, 1.807) is 0 Å². The van der Waals surface area contributed by atoms with Crippen molar-refractivity contribution in [1.82, 2.24) is 14.7 Å². The van der Waals surface area contributed by atoms with Crippen LogP contribution in [0.15, 0.2) is 18.2 Å². The van der Waals surface area contributed by atoms with E-state index in [4.69, 9.17) is 14.6 Å². The van der Waals surface area contributed by atoms with Gasteiger partial charge in [0.1, 0.15) is 19.0 Å². The summed E-state index contributed by atoms with van der Waals surface area (Å²) in [5, 5.41) is 8.70. The lowest BCUT2D eigenvalue weighted by atomic mass is 10.1. The molecule has 0 aliphatic carbocycles. The van der Waals surface area contributed by atoms with Gasteiger partial charge in [-0.25, -0.2) is 4.68 Å². The summed E-state index contributed by atoms with van der Waals surface area (Å²) in [7, 11) is 0. The van der Waals surface area contributed by atoms with Crippen molar-refractivity contribution >= 4 is 5.82 Å². The van der Waals surface area contributed by atoms with Crippen LogP contribution in [-0.2, 0) is 13.0 Å². The smallest absolute Gasteiger partial charge is 0.163 e. The van der Waals surface area contributed by atoms with Crippen LogP contribution in [0.1, 0.15) is 43.4 Å². The fourth-order valence-corrected chi connectivity index (χ4v) is 4.38. The van der Waals surface area contributed by atoms with Gasteiger partial charge >= 0.3 is 0 Å². The SMILES string of the molecule is c1cc2c(cc1-n1nc(CN3CCCCC3)c3c1NCCCC3)OCCO2. The summed E-state index contributed by atoms with van der Waals surface area (Å²) in [5.74, 6) is 2.80. The van der Waals surface area contributed by atoms with Crippen molar-refractivity contribution in [3.63, 3.8) is 0 Å². The molecule has 5 rings (SSSR count). The van der Waals surface area contributed by atoms with Crippen LogP contribution in [0.3, 0.4) is 0 Å². The van der Waals surface area contributed by atoms with Gasteiger partial charge in [-0.2, -0.15) is 5.10 Å². The van der Waals surface area contributed by atoms with Crippen molar-refractivity contribution in [1.29, 1.82) is 0 Å². The summed E-state index contributed by atoms with van der Waals surface area (Å²) in [5.41, 5.74) is 3.67. The number of rotatable bonds is 3. The van der Waals surface area contributed by atoms with E-state index in [9.17, 15) is 0 Å². The third-order valence-corrected chi connectivity index (χ3v) is 5.81. The van der Waals surface area contributed by atoms with Crippen LogP contribution in [0.5, 0.6) is 11.5 Å². The van der Waals surface area contributed by atoms with E-state index in [0.717, 1.165) is 42.5 Å². The predicted molar refractivity (Wildman–Crippen MR) is 105 cm³/mol. The molecular formula is C21H28N4O2. The number of aromatic nitrogens is 2. The molecule has 2 aromatic rings. The fraction of sp³-hybridized carbons (Fsp3) is 0.571.